The van der Waals surface area contributed by atoms with Crippen molar-refractivity contribution in [3.05, 3.63) is 0 Å². The van der Waals surface area contributed by atoms with Crippen molar-refractivity contribution in [2.24, 2.45) is 11.5 Å². The highest BCUT2D eigenvalue weighted by atomic mass is 16.1. The van der Waals surface area contributed by atoms with Gasteiger partial charge in [-0.05, 0) is 0 Å². The Hall–Kier alpha value is -1.14. The number of nitrogens with two attached hydrogens (primary N) is 2. The minimum absolute atomic E-state index is 0.275. The van der Waals surface area contributed by atoms with Crippen molar-refractivity contribution in [3.8, 4) is 0 Å². The molecule has 0 unspecified atom stereocenters. The minimum atomic E-state index is -0.351. The van der Waals surface area contributed by atoms with E-state index in [0.717, 1.165) is 0 Å². The minimum Gasteiger partial charge on any atom is -0.370 e. The molecule has 0 aromatic heterocycles. The highest BCUT2D eigenvalue weighted by Crippen LogP contribution is 1.96. The summed E-state index contributed by atoms with van der Waals surface area (Å²) in [5.74, 6) is -0.702. The Morgan fingerprint density at radius 3 is 1.57 bits per heavy atom. The molecule has 0 aliphatic rings. The summed E-state index contributed by atoms with van der Waals surface area (Å²) in [6, 6.07) is 0. The predicted molar refractivity (Wildman–Crippen MR) is 52.9 cm³/mol. The zero-order valence-electron chi connectivity index (χ0n) is 8.69. The van der Waals surface area contributed by atoms with E-state index in [9.17, 15) is 9.59 Å². The fraction of sp³-hybridized carbons (Fsp3) is 0.750. The SMILES string of the molecule is CN(C)N(CCC(N)=O)CCC(N)=O. The Balaban J connectivity index is 3.89. The topological polar surface area (TPSA) is 92.7 Å². The van der Waals surface area contributed by atoms with E-state index < -0.39 is 0 Å². The molecule has 0 aromatic carbocycles. The molecule has 4 N–H and O–H groups in total. The average Bonchev–Trinajstić information content (AvgIpc) is 2.02. The molecule has 0 saturated carbocycles. The van der Waals surface area contributed by atoms with Crippen LogP contribution in [0.15, 0.2) is 0 Å². The van der Waals surface area contributed by atoms with Crippen LogP contribution in [-0.4, -0.2) is 49.0 Å². The predicted octanol–water partition coefficient (Wildman–Crippen LogP) is -1.48. The average molecular weight is 202 g/mol. The van der Waals surface area contributed by atoms with Gasteiger partial charge in [0.15, 0.2) is 0 Å². The van der Waals surface area contributed by atoms with E-state index in [0.29, 0.717) is 13.1 Å². The Bertz CT molecular complexity index is 188. The van der Waals surface area contributed by atoms with Crippen molar-refractivity contribution in [2.45, 2.75) is 12.8 Å². The molecule has 0 fully saturated rings. The smallest absolute Gasteiger partial charge is 0.218 e. The Kier molecular flexibility index (Phi) is 5.82. The van der Waals surface area contributed by atoms with E-state index in [-0.39, 0.29) is 24.7 Å². The van der Waals surface area contributed by atoms with Crippen LogP contribution in [0.3, 0.4) is 0 Å². The zero-order chi connectivity index (χ0) is 11.1. The van der Waals surface area contributed by atoms with E-state index in [1.807, 2.05) is 24.1 Å². The van der Waals surface area contributed by atoms with Crippen LogP contribution in [0.25, 0.3) is 0 Å². The van der Waals surface area contributed by atoms with Gasteiger partial charge in [0.1, 0.15) is 0 Å². The monoisotopic (exact) mass is 202 g/mol. The van der Waals surface area contributed by atoms with Gasteiger partial charge in [-0.25, -0.2) is 10.0 Å². The third-order valence-electron chi connectivity index (χ3n) is 1.80. The first-order chi connectivity index (χ1) is 6.43. The van der Waals surface area contributed by atoms with E-state index in [1.54, 1.807) is 0 Å². The van der Waals surface area contributed by atoms with Crippen LogP contribution in [0.5, 0.6) is 0 Å². The van der Waals surface area contributed by atoms with E-state index in [4.69, 9.17) is 11.5 Å². The number of hydrogen-bond donors (Lipinski definition) is 2. The molecule has 2 amide bonds. The number of amides is 2. The molecule has 0 saturated heterocycles. The Morgan fingerprint density at radius 2 is 1.36 bits per heavy atom. The molecule has 0 bridgehead atoms. The number of rotatable bonds is 7. The van der Waals surface area contributed by atoms with Gasteiger partial charge in [-0.2, -0.15) is 0 Å². The molecular formula is C8H18N4O2. The fourth-order valence-corrected chi connectivity index (χ4v) is 0.990. The summed E-state index contributed by atoms with van der Waals surface area (Å²) in [5, 5.41) is 3.65. The lowest BCUT2D eigenvalue weighted by atomic mass is 10.3. The second kappa shape index (κ2) is 6.33. The number of primary amides is 2. The van der Waals surface area contributed by atoms with Gasteiger partial charge < -0.3 is 11.5 Å². The number of carbonyl (C=O) groups is 2. The highest BCUT2D eigenvalue weighted by molar-refractivity contribution is 5.74. The summed E-state index contributed by atoms with van der Waals surface area (Å²) >= 11 is 0. The normalized spacial score (nSPS) is 10.9. The van der Waals surface area contributed by atoms with Crippen molar-refractivity contribution in [1.82, 2.24) is 10.0 Å². The van der Waals surface area contributed by atoms with Gasteiger partial charge in [0.2, 0.25) is 11.8 Å². The summed E-state index contributed by atoms with van der Waals surface area (Å²) in [6.07, 6.45) is 0.549. The Morgan fingerprint density at radius 1 is 1.00 bits per heavy atom. The van der Waals surface area contributed by atoms with Crippen LogP contribution in [0, 0.1) is 0 Å². The van der Waals surface area contributed by atoms with Gasteiger partial charge in [-0.1, -0.05) is 0 Å². The van der Waals surface area contributed by atoms with Gasteiger partial charge in [0, 0.05) is 40.0 Å². The molecule has 0 atom stereocenters. The Labute approximate surface area is 83.8 Å². The second-order valence-electron chi connectivity index (χ2n) is 3.23. The van der Waals surface area contributed by atoms with Crippen LogP contribution in [0.2, 0.25) is 0 Å². The summed E-state index contributed by atoms with van der Waals surface area (Å²) in [5.41, 5.74) is 10.0. The second-order valence-corrected chi connectivity index (χ2v) is 3.23. The highest BCUT2D eigenvalue weighted by Gasteiger charge is 2.09. The van der Waals surface area contributed by atoms with Crippen molar-refractivity contribution in [2.75, 3.05) is 27.2 Å². The molecule has 82 valence electrons. The first kappa shape index (κ1) is 12.9. The number of carbonyl (C=O) groups excluding carboxylic acids is 2. The molecule has 0 radical (unpaired) electrons. The molecule has 0 aliphatic heterocycles. The van der Waals surface area contributed by atoms with Gasteiger partial charge in [0.05, 0.1) is 0 Å². The fourth-order valence-electron chi connectivity index (χ4n) is 0.990. The molecule has 6 heteroatoms. The lowest BCUT2D eigenvalue weighted by Gasteiger charge is -2.27. The first-order valence-corrected chi connectivity index (χ1v) is 4.42. The van der Waals surface area contributed by atoms with Crippen LogP contribution < -0.4 is 11.5 Å². The molecule has 6 nitrogen and oxygen atoms in total. The summed E-state index contributed by atoms with van der Waals surface area (Å²) < 4.78 is 0. The van der Waals surface area contributed by atoms with E-state index >= 15 is 0 Å². The molecule has 0 heterocycles. The van der Waals surface area contributed by atoms with Gasteiger partial charge >= 0.3 is 0 Å². The molecule has 0 spiro atoms. The zero-order valence-corrected chi connectivity index (χ0v) is 8.69. The number of hydrogen-bond acceptors (Lipinski definition) is 4. The van der Waals surface area contributed by atoms with Gasteiger partial charge in [-0.3, -0.25) is 9.59 Å². The standard InChI is InChI=1S/C8H18N4O2/c1-11(2)12(5-3-7(9)13)6-4-8(10)14/h3-6H2,1-2H3,(H2,9,13)(H2,10,14). The molecule has 0 aliphatic carbocycles. The third-order valence-corrected chi connectivity index (χ3v) is 1.80. The lowest BCUT2D eigenvalue weighted by molar-refractivity contribution is -0.120. The largest absolute Gasteiger partial charge is 0.370 e. The molecule has 0 rings (SSSR count). The van der Waals surface area contributed by atoms with Crippen molar-refractivity contribution in [1.29, 1.82) is 0 Å². The molecular weight excluding hydrogens is 184 g/mol. The van der Waals surface area contributed by atoms with Crippen LogP contribution >= 0.6 is 0 Å². The van der Waals surface area contributed by atoms with Crippen molar-refractivity contribution < 1.29 is 9.59 Å². The van der Waals surface area contributed by atoms with E-state index in [2.05, 4.69) is 0 Å². The van der Waals surface area contributed by atoms with Crippen LogP contribution in [0.4, 0.5) is 0 Å². The number of hydrazine groups is 1. The summed E-state index contributed by atoms with van der Waals surface area (Å²) in [7, 11) is 3.67. The van der Waals surface area contributed by atoms with Crippen molar-refractivity contribution in [3.63, 3.8) is 0 Å². The molecule has 0 aromatic rings. The molecule has 14 heavy (non-hydrogen) atoms. The number of nitrogens with zero attached hydrogens (tertiary/aromatic N) is 2. The third kappa shape index (κ3) is 6.38. The maximum atomic E-state index is 10.5. The quantitative estimate of drug-likeness (QED) is 0.492. The van der Waals surface area contributed by atoms with Crippen LogP contribution in [0.1, 0.15) is 12.8 Å². The summed E-state index contributed by atoms with van der Waals surface area (Å²) in [4.78, 5) is 21.1. The maximum Gasteiger partial charge on any atom is 0.218 e. The first-order valence-electron chi connectivity index (χ1n) is 4.42. The maximum absolute atomic E-state index is 10.5. The van der Waals surface area contributed by atoms with Crippen LogP contribution in [-0.2, 0) is 9.59 Å². The summed E-state index contributed by atoms with van der Waals surface area (Å²) in [6.45, 7) is 1.02. The van der Waals surface area contributed by atoms with Gasteiger partial charge in [0.25, 0.3) is 0 Å². The lowest BCUT2D eigenvalue weighted by Crippen LogP contribution is -2.40. The van der Waals surface area contributed by atoms with E-state index in [1.165, 1.54) is 0 Å². The van der Waals surface area contributed by atoms with Crippen molar-refractivity contribution >= 4 is 11.8 Å². The van der Waals surface area contributed by atoms with Gasteiger partial charge in [-0.15, -0.1) is 0 Å².